The molecule has 5 nitrogen and oxygen atoms in total. The number of nitrogens with zero attached hydrogens (tertiary/aromatic N) is 3. The molecule has 5 heteroatoms. The molecular weight excluding hydrogens is 300 g/mol. The highest BCUT2D eigenvalue weighted by atomic mass is 16.3. The first kappa shape index (κ1) is 16.0. The lowest BCUT2D eigenvalue weighted by atomic mass is 10.2. The maximum atomic E-state index is 8.97. The van der Waals surface area contributed by atoms with Gasteiger partial charge < -0.3 is 10.0 Å². The van der Waals surface area contributed by atoms with Gasteiger partial charge in [-0.2, -0.15) is 5.10 Å². The zero-order chi connectivity index (χ0) is 16.8. The zero-order valence-corrected chi connectivity index (χ0v) is 13.6. The maximum Gasteiger partial charge on any atom is 0.146 e. The number of fused-ring (bicyclic) bond motifs is 1. The molecule has 0 aliphatic carbocycles. The molecule has 1 aromatic heterocycles. The van der Waals surface area contributed by atoms with Gasteiger partial charge in [0.25, 0.3) is 0 Å². The van der Waals surface area contributed by atoms with Gasteiger partial charge in [0.2, 0.25) is 0 Å². The molecule has 0 amide bonds. The number of aliphatic hydroxyl groups excluding tert-OH is 1. The molecule has 122 valence electrons. The number of rotatable bonds is 6. The number of para-hydroxylation sites is 1. The molecule has 0 fully saturated rings. The third kappa shape index (κ3) is 3.88. The summed E-state index contributed by atoms with van der Waals surface area (Å²) in [6, 6.07) is 19.9. The number of hydrogen-bond acceptors (Lipinski definition) is 5. The van der Waals surface area contributed by atoms with E-state index in [4.69, 9.17) is 5.11 Å². The van der Waals surface area contributed by atoms with E-state index in [1.165, 1.54) is 0 Å². The molecule has 0 spiro atoms. The third-order valence-electron chi connectivity index (χ3n) is 3.76. The van der Waals surface area contributed by atoms with Crippen molar-refractivity contribution in [3.05, 3.63) is 66.2 Å². The fourth-order valence-corrected chi connectivity index (χ4v) is 2.40. The molecule has 0 atom stereocenters. The second-order valence-corrected chi connectivity index (χ2v) is 5.50. The van der Waals surface area contributed by atoms with Gasteiger partial charge in [-0.05, 0) is 35.9 Å². The van der Waals surface area contributed by atoms with E-state index in [9.17, 15) is 0 Å². The maximum absolute atomic E-state index is 8.97. The number of hydrogen-bond donors (Lipinski definition) is 2. The van der Waals surface area contributed by atoms with E-state index < -0.39 is 0 Å². The normalized spacial score (nSPS) is 11.1. The van der Waals surface area contributed by atoms with Crippen molar-refractivity contribution < 1.29 is 5.11 Å². The second kappa shape index (κ2) is 7.57. The average Bonchev–Trinajstić information content (AvgIpc) is 2.62. The van der Waals surface area contributed by atoms with E-state index in [1.807, 2.05) is 72.6 Å². The van der Waals surface area contributed by atoms with Crippen LogP contribution in [0, 0.1) is 0 Å². The lowest BCUT2D eigenvalue weighted by molar-refractivity contribution is 0.304. The highest BCUT2D eigenvalue weighted by Crippen LogP contribution is 2.15. The number of aromatic nitrogens is 1. The lowest BCUT2D eigenvalue weighted by Gasteiger charge is -2.17. The topological polar surface area (TPSA) is 60.8 Å². The van der Waals surface area contributed by atoms with Gasteiger partial charge in [-0.15, -0.1) is 0 Å². The Balaban J connectivity index is 1.64. The molecule has 0 aliphatic rings. The van der Waals surface area contributed by atoms with Crippen molar-refractivity contribution in [1.82, 2.24) is 4.98 Å². The monoisotopic (exact) mass is 320 g/mol. The van der Waals surface area contributed by atoms with E-state index >= 15 is 0 Å². The average molecular weight is 320 g/mol. The summed E-state index contributed by atoms with van der Waals surface area (Å²) in [4.78, 5) is 6.51. The van der Waals surface area contributed by atoms with Crippen LogP contribution in [0.25, 0.3) is 10.9 Å². The van der Waals surface area contributed by atoms with Crippen LogP contribution in [0.15, 0.2) is 65.8 Å². The number of pyridine rings is 1. The second-order valence-electron chi connectivity index (χ2n) is 5.50. The first-order valence-electron chi connectivity index (χ1n) is 7.83. The Morgan fingerprint density at radius 2 is 1.88 bits per heavy atom. The van der Waals surface area contributed by atoms with E-state index in [1.54, 1.807) is 6.21 Å². The van der Waals surface area contributed by atoms with Gasteiger partial charge in [-0.25, -0.2) is 4.98 Å². The van der Waals surface area contributed by atoms with Crippen LogP contribution >= 0.6 is 0 Å². The van der Waals surface area contributed by atoms with Crippen LogP contribution in [0.3, 0.4) is 0 Å². The minimum atomic E-state index is 0.141. The number of nitrogens with one attached hydrogen (secondary N) is 1. The number of anilines is 2. The Kier molecular flexibility index (Phi) is 5.03. The van der Waals surface area contributed by atoms with Gasteiger partial charge in [-0.1, -0.05) is 30.3 Å². The Bertz CT molecular complexity index is 830. The standard InChI is InChI=1S/C19H20N4O/c1-23(12-13-24)17-9-6-15(7-10-17)14-20-22-19-11-8-16-4-2-3-5-18(16)21-19/h2-11,14,24H,12-13H2,1H3,(H,21,22). The Hall–Kier alpha value is -2.92. The number of benzene rings is 2. The molecule has 2 aromatic carbocycles. The zero-order valence-electron chi connectivity index (χ0n) is 13.6. The fourth-order valence-electron chi connectivity index (χ4n) is 2.40. The van der Waals surface area contributed by atoms with E-state index in [2.05, 4.69) is 15.5 Å². The molecule has 0 saturated heterocycles. The van der Waals surface area contributed by atoms with Crippen molar-refractivity contribution in [2.24, 2.45) is 5.10 Å². The quantitative estimate of drug-likeness (QED) is 0.541. The SMILES string of the molecule is CN(CCO)c1ccc(C=NNc2ccc3ccccc3n2)cc1. The summed E-state index contributed by atoms with van der Waals surface area (Å²) in [7, 11) is 1.95. The molecule has 1 heterocycles. The molecule has 3 aromatic rings. The molecular formula is C19H20N4O. The first-order valence-corrected chi connectivity index (χ1v) is 7.83. The molecule has 0 radical (unpaired) electrons. The van der Waals surface area contributed by atoms with Crippen LogP contribution in [0.4, 0.5) is 11.5 Å². The fraction of sp³-hybridized carbons (Fsp3) is 0.158. The van der Waals surface area contributed by atoms with Gasteiger partial charge in [0.1, 0.15) is 5.82 Å². The molecule has 24 heavy (non-hydrogen) atoms. The Morgan fingerprint density at radius 3 is 2.67 bits per heavy atom. The van der Waals surface area contributed by atoms with Crippen molar-refractivity contribution in [2.75, 3.05) is 30.5 Å². The minimum absolute atomic E-state index is 0.141. The van der Waals surface area contributed by atoms with Crippen LogP contribution in [0.2, 0.25) is 0 Å². The van der Waals surface area contributed by atoms with Crippen molar-refractivity contribution in [1.29, 1.82) is 0 Å². The predicted molar refractivity (Wildman–Crippen MR) is 99.8 cm³/mol. The van der Waals surface area contributed by atoms with Gasteiger partial charge in [-0.3, -0.25) is 5.43 Å². The van der Waals surface area contributed by atoms with Crippen molar-refractivity contribution in [3.63, 3.8) is 0 Å². The van der Waals surface area contributed by atoms with E-state index in [-0.39, 0.29) is 6.61 Å². The van der Waals surface area contributed by atoms with E-state index in [0.29, 0.717) is 12.4 Å². The minimum Gasteiger partial charge on any atom is -0.395 e. The predicted octanol–water partition coefficient (Wildman–Crippen LogP) is 3.11. The Morgan fingerprint density at radius 1 is 1.08 bits per heavy atom. The summed E-state index contributed by atoms with van der Waals surface area (Å²) >= 11 is 0. The summed E-state index contributed by atoms with van der Waals surface area (Å²) in [5, 5.41) is 14.3. The molecule has 0 aliphatic heterocycles. The van der Waals surface area contributed by atoms with Crippen molar-refractivity contribution in [2.45, 2.75) is 0 Å². The molecule has 0 bridgehead atoms. The summed E-state index contributed by atoms with van der Waals surface area (Å²) in [5.41, 5.74) is 5.95. The summed E-state index contributed by atoms with van der Waals surface area (Å²) in [6.07, 6.45) is 1.76. The summed E-state index contributed by atoms with van der Waals surface area (Å²) < 4.78 is 0. The summed E-state index contributed by atoms with van der Waals surface area (Å²) in [5.74, 6) is 0.712. The van der Waals surface area contributed by atoms with Crippen LogP contribution in [0.5, 0.6) is 0 Å². The van der Waals surface area contributed by atoms with Crippen LogP contribution in [-0.2, 0) is 0 Å². The largest absolute Gasteiger partial charge is 0.395 e. The molecule has 2 N–H and O–H groups in total. The number of hydrazone groups is 1. The van der Waals surface area contributed by atoms with Crippen LogP contribution < -0.4 is 10.3 Å². The summed E-state index contributed by atoms with van der Waals surface area (Å²) in [6.45, 7) is 0.755. The van der Waals surface area contributed by atoms with Crippen molar-refractivity contribution in [3.8, 4) is 0 Å². The lowest BCUT2D eigenvalue weighted by Crippen LogP contribution is -2.20. The smallest absolute Gasteiger partial charge is 0.146 e. The van der Waals surface area contributed by atoms with Crippen LogP contribution in [-0.4, -0.2) is 36.5 Å². The highest BCUT2D eigenvalue weighted by molar-refractivity contribution is 5.82. The molecule has 0 unspecified atom stereocenters. The molecule has 0 saturated carbocycles. The third-order valence-corrected chi connectivity index (χ3v) is 3.76. The van der Waals surface area contributed by atoms with Crippen LogP contribution in [0.1, 0.15) is 5.56 Å². The van der Waals surface area contributed by atoms with E-state index in [0.717, 1.165) is 22.2 Å². The van der Waals surface area contributed by atoms with Gasteiger partial charge in [0.15, 0.2) is 0 Å². The number of aliphatic hydroxyl groups is 1. The van der Waals surface area contributed by atoms with Gasteiger partial charge >= 0.3 is 0 Å². The van der Waals surface area contributed by atoms with Gasteiger partial charge in [0.05, 0.1) is 18.3 Å². The van der Waals surface area contributed by atoms with Crippen molar-refractivity contribution >= 4 is 28.6 Å². The first-order chi connectivity index (χ1) is 11.8. The van der Waals surface area contributed by atoms with Gasteiger partial charge in [0, 0.05) is 24.7 Å². The number of likely N-dealkylation sites (N-methyl/N-ethyl adjacent to an activating group) is 1. The Labute approximate surface area is 141 Å². The highest BCUT2D eigenvalue weighted by Gasteiger charge is 1.99. The molecule has 3 rings (SSSR count).